The summed E-state index contributed by atoms with van der Waals surface area (Å²) in [6.07, 6.45) is 1.13. The second-order valence-electron chi connectivity index (χ2n) is 4.01. The van der Waals surface area contributed by atoms with Crippen molar-refractivity contribution in [1.29, 1.82) is 0 Å². The molecule has 1 atom stereocenters. The molecular weight excluding hydrogens is 190 g/mol. The largest absolute Gasteiger partial charge is 0.508 e. The van der Waals surface area contributed by atoms with Gasteiger partial charge >= 0.3 is 0 Å². The summed E-state index contributed by atoms with van der Waals surface area (Å²) in [5.74, 6) is 1.79. The van der Waals surface area contributed by atoms with Gasteiger partial charge in [-0.1, -0.05) is 0 Å². The Labute approximate surface area is 87.3 Å². The number of benzene rings is 1. The molecule has 2 heterocycles. The molecule has 0 radical (unpaired) electrons. The van der Waals surface area contributed by atoms with Crippen LogP contribution in [0.25, 0.3) is 11.0 Å². The van der Waals surface area contributed by atoms with E-state index in [0.717, 1.165) is 36.4 Å². The Morgan fingerprint density at radius 1 is 1.40 bits per heavy atom. The first-order chi connectivity index (χ1) is 7.33. The van der Waals surface area contributed by atoms with Crippen LogP contribution in [-0.4, -0.2) is 28.2 Å². The van der Waals surface area contributed by atoms with Crippen molar-refractivity contribution >= 4 is 11.0 Å². The number of aromatic amines is 1. The summed E-state index contributed by atoms with van der Waals surface area (Å²) in [6.45, 7) is 2.05. The van der Waals surface area contributed by atoms with E-state index in [1.165, 1.54) is 0 Å². The smallest absolute Gasteiger partial charge is 0.117 e. The van der Waals surface area contributed by atoms with Crippen molar-refractivity contribution in [2.45, 2.75) is 12.3 Å². The van der Waals surface area contributed by atoms with Crippen LogP contribution in [0.5, 0.6) is 5.75 Å². The number of nitrogens with zero attached hydrogens (tertiary/aromatic N) is 1. The predicted molar refractivity (Wildman–Crippen MR) is 58.0 cm³/mol. The number of phenols is 1. The molecular formula is C11H13N3O. The highest BCUT2D eigenvalue weighted by Gasteiger charge is 2.19. The van der Waals surface area contributed by atoms with Crippen LogP contribution in [0.15, 0.2) is 18.2 Å². The lowest BCUT2D eigenvalue weighted by atomic mass is 10.1. The van der Waals surface area contributed by atoms with Gasteiger partial charge in [-0.15, -0.1) is 0 Å². The first kappa shape index (κ1) is 8.73. The Balaban J connectivity index is 2.05. The fraction of sp³-hybridized carbons (Fsp3) is 0.364. The van der Waals surface area contributed by atoms with Gasteiger partial charge in [0.25, 0.3) is 0 Å². The highest BCUT2D eigenvalue weighted by molar-refractivity contribution is 5.76. The highest BCUT2D eigenvalue weighted by Crippen LogP contribution is 2.24. The second kappa shape index (κ2) is 3.24. The van der Waals surface area contributed by atoms with Gasteiger partial charge in [-0.25, -0.2) is 4.98 Å². The SMILES string of the molecule is Oc1ccc2nc(C3CCNC3)[nH]c2c1. The molecule has 4 nitrogen and oxygen atoms in total. The Hall–Kier alpha value is -1.55. The van der Waals surface area contributed by atoms with Gasteiger partial charge in [0.05, 0.1) is 11.0 Å². The highest BCUT2D eigenvalue weighted by atomic mass is 16.3. The molecule has 15 heavy (non-hydrogen) atoms. The van der Waals surface area contributed by atoms with E-state index in [1.807, 2.05) is 6.07 Å². The summed E-state index contributed by atoms with van der Waals surface area (Å²) in [7, 11) is 0. The molecule has 78 valence electrons. The Bertz CT molecular complexity index is 486. The molecule has 0 amide bonds. The maximum Gasteiger partial charge on any atom is 0.117 e. The van der Waals surface area contributed by atoms with E-state index in [1.54, 1.807) is 12.1 Å². The molecule has 3 N–H and O–H groups in total. The molecule has 3 rings (SSSR count). The maximum atomic E-state index is 9.34. The molecule has 4 heteroatoms. The maximum absolute atomic E-state index is 9.34. The second-order valence-corrected chi connectivity index (χ2v) is 4.01. The van der Waals surface area contributed by atoms with Crippen molar-refractivity contribution in [2.24, 2.45) is 0 Å². The van der Waals surface area contributed by atoms with Gasteiger partial charge in [-0.2, -0.15) is 0 Å². The van der Waals surface area contributed by atoms with E-state index in [0.29, 0.717) is 5.92 Å². The number of fused-ring (bicyclic) bond motifs is 1. The van der Waals surface area contributed by atoms with Crippen molar-refractivity contribution in [2.75, 3.05) is 13.1 Å². The molecule has 1 saturated heterocycles. The third-order valence-electron chi connectivity index (χ3n) is 2.93. The molecule has 2 aromatic rings. The Kier molecular flexibility index (Phi) is 1.89. The normalized spacial score (nSPS) is 21.2. The number of rotatable bonds is 1. The zero-order chi connectivity index (χ0) is 10.3. The average molecular weight is 203 g/mol. The lowest BCUT2D eigenvalue weighted by Gasteiger charge is -2.01. The number of imidazole rings is 1. The first-order valence-corrected chi connectivity index (χ1v) is 5.22. The fourth-order valence-corrected chi connectivity index (χ4v) is 2.10. The van der Waals surface area contributed by atoms with E-state index in [-0.39, 0.29) is 5.75 Å². The summed E-state index contributed by atoms with van der Waals surface area (Å²) >= 11 is 0. The molecule has 1 aromatic heterocycles. The molecule has 1 aliphatic heterocycles. The summed E-state index contributed by atoms with van der Waals surface area (Å²) in [5, 5.41) is 12.7. The van der Waals surface area contributed by atoms with Gasteiger partial charge in [0, 0.05) is 18.5 Å². The van der Waals surface area contributed by atoms with E-state index in [2.05, 4.69) is 15.3 Å². The van der Waals surface area contributed by atoms with Crippen LogP contribution in [0, 0.1) is 0 Å². The number of aromatic nitrogens is 2. The molecule has 1 aliphatic rings. The average Bonchev–Trinajstić information content (AvgIpc) is 2.84. The van der Waals surface area contributed by atoms with Gasteiger partial charge in [0.1, 0.15) is 11.6 Å². The van der Waals surface area contributed by atoms with E-state index in [4.69, 9.17) is 0 Å². The minimum atomic E-state index is 0.280. The molecule has 0 aliphatic carbocycles. The fourth-order valence-electron chi connectivity index (χ4n) is 2.10. The minimum Gasteiger partial charge on any atom is -0.508 e. The third kappa shape index (κ3) is 1.47. The number of hydrogen-bond acceptors (Lipinski definition) is 3. The van der Waals surface area contributed by atoms with Crippen molar-refractivity contribution in [3.05, 3.63) is 24.0 Å². The minimum absolute atomic E-state index is 0.280. The number of nitrogens with one attached hydrogen (secondary N) is 2. The summed E-state index contributed by atoms with van der Waals surface area (Å²) < 4.78 is 0. The van der Waals surface area contributed by atoms with Crippen LogP contribution in [0.1, 0.15) is 18.2 Å². The first-order valence-electron chi connectivity index (χ1n) is 5.22. The molecule has 1 unspecified atom stereocenters. The van der Waals surface area contributed by atoms with Crippen molar-refractivity contribution in [1.82, 2.24) is 15.3 Å². The van der Waals surface area contributed by atoms with Crippen molar-refractivity contribution in [3.63, 3.8) is 0 Å². The van der Waals surface area contributed by atoms with Gasteiger partial charge in [0.15, 0.2) is 0 Å². The molecule has 0 bridgehead atoms. The van der Waals surface area contributed by atoms with Crippen LogP contribution >= 0.6 is 0 Å². The summed E-state index contributed by atoms with van der Waals surface area (Å²) in [4.78, 5) is 7.80. The van der Waals surface area contributed by atoms with Crippen molar-refractivity contribution < 1.29 is 5.11 Å². The molecule has 0 saturated carbocycles. The zero-order valence-electron chi connectivity index (χ0n) is 8.33. The van der Waals surface area contributed by atoms with Crippen LogP contribution in [-0.2, 0) is 0 Å². The summed E-state index contributed by atoms with van der Waals surface area (Å²) in [6, 6.07) is 5.22. The van der Waals surface area contributed by atoms with Crippen LogP contribution < -0.4 is 5.32 Å². The number of aromatic hydroxyl groups is 1. The molecule has 1 fully saturated rings. The topological polar surface area (TPSA) is 60.9 Å². The van der Waals surface area contributed by atoms with Crippen molar-refractivity contribution in [3.8, 4) is 5.75 Å². The van der Waals surface area contributed by atoms with Gasteiger partial charge in [-0.3, -0.25) is 0 Å². The van der Waals surface area contributed by atoms with Gasteiger partial charge in [0.2, 0.25) is 0 Å². The summed E-state index contributed by atoms with van der Waals surface area (Å²) in [5.41, 5.74) is 1.84. The monoisotopic (exact) mass is 203 g/mol. The van der Waals surface area contributed by atoms with E-state index >= 15 is 0 Å². The molecule has 1 aromatic carbocycles. The number of H-pyrrole nitrogens is 1. The van der Waals surface area contributed by atoms with Crippen LogP contribution in [0.2, 0.25) is 0 Å². The Morgan fingerprint density at radius 2 is 2.33 bits per heavy atom. The lowest BCUT2D eigenvalue weighted by Crippen LogP contribution is -2.08. The number of phenolic OH excluding ortho intramolecular Hbond substituents is 1. The van der Waals surface area contributed by atoms with Gasteiger partial charge in [-0.05, 0) is 25.1 Å². The van der Waals surface area contributed by atoms with Gasteiger partial charge < -0.3 is 15.4 Å². The van der Waals surface area contributed by atoms with Crippen LogP contribution in [0.3, 0.4) is 0 Å². The Morgan fingerprint density at radius 3 is 3.13 bits per heavy atom. The standard InChI is InChI=1S/C11H13N3O/c15-8-1-2-9-10(5-8)14-11(13-9)7-3-4-12-6-7/h1-2,5,7,12,15H,3-4,6H2,(H,13,14). The van der Waals surface area contributed by atoms with E-state index < -0.39 is 0 Å². The quantitative estimate of drug-likeness (QED) is 0.655. The predicted octanol–water partition coefficient (Wildman–Crippen LogP) is 1.35. The lowest BCUT2D eigenvalue weighted by molar-refractivity contribution is 0.476. The van der Waals surface area contributed by atoms with E-state index in [9.17, 15) is 5.11 Å². The number of hydrogen-bond donors (Lipinski definition) is 3. The molecule has 0 spiro atoms. The zero-order valence-corrected chi connectivity index (χ0v) is 8.33. The van der Waals surface area contributed by atoms with Crippen LogP contribution in [0.4, 0.5) is 0 Å². The third-order valence-corrected chi connectivity index (χ3v) is 2.93.